The fourth-order valence-corrected chi connectivity index (χ4v) is 3.53. The standard InChI is InChI=1S/C15H19N3S/c16-11-13-14(12-7-3-1-4-8-12)17-15(19-13)18-9-5-2-6-10-18/h1,3-4,7-8H,2,5-6,9-11,16H2. The summed E-state index contributed by atoms with van der Waals surface area (Å²) >= 11 is 1.75. The second-order valence-electron chi connectivity index (χ2n) is 4.89. The number of anilines is 1. The van der Waals surface area contributed by atoms with Crippen LogP contribution >= 0.6 is 11.3 Å². The molecule has 3 rings (SSSR count). The molecule has 0 spiro atoms. The summed E-state index contributed by atoms with van der Waals surface area (Å²) in [5.41, 5.74) is 8.12. The summed E-state index contributed by atoms with van der Waals surface area (Å²) < 4.78 is 0. The number of nitrogens with two attached hydrogens (primary N) is 1. The van der Waals surface area contributed by atoms with Gasteiger partial charge in [0.1, 0.15) is 0 Å². The quantitative estimate of drug-likeness (QED) is 0.933. The molecule has 0 bridgehead atoms. The molecule has 0 aliphatic carbocycles. The SMILES string of the molecule is NCc1sc(N2CCCCC2)nc1-c1ccccc1. The smallest absolute Gasteiger partial charge is 0.186 e. The molecule has 0 amide bonds. The van der Waals surface area contributed by atoms with Gasteiger partial charge in [0.25, 0.3) is 0 Å². The second-order valence-corrected chi connectivity index (χ2v) is 5.95. The summed E-state index contributed by atoms with van der Waals surface area (Å²) in [6.45, 7) is 2.83. The monoisotopic (exact) mass is 273 g/mol. The number of thiazole rings is 1. The average molecular weight is 273 g/mol. The molecule has 0 radical (unpaired) electrons. The van der Waals surface area contributed by atoms with Gasteiger partial charge in [0, 0.05) is 30.1 Å². The zero-order valence-corrected chi connectivity index (χ0v) is 11.8. The van der Waals surface area contributed by atoms with E-state index in [-0.39, 0.29) is 0 Å². The predicted octanol–water partition coefficient (Wildman–Crippen LogP) is 3.26. The van der Waals surface area contributed by atoms with Crippen LogP contribution in [0.5, 0.6) is 0 Å². The van der Waals surface area contributed by atoms with E-state index in [4.69, 9.17) is 10.7 Å². The van der Waals surface area contributed by atoms with Crippen molar-refractivity contribution in [3.63, 3.8) is 0 Å². The summed E-state index contributed by atoms with van der Waals surface area (Å²) in [7, 11) is 0. The van der Waals surface area contributed by atoms with E-state index in [2.05, 4.69) is 29.2 Å². The first kappa shape index (κ1) is 12.6. The molecule has 2 aromatic rings. The van der Waals surface area contributed by atoms with Crippen molar-refractivity contribution in [2.24, 2.45) is 5.73 Å². The van der Waals surface area contributed by atoms with Crippen molar-refractivity contribution in [2.45, 2.75) is 25.8 Å². The van der Waals surface area contributed by atoms with E-state index in [1.54, 1.807) is 11.3 Å². The number of hydrogen-bond donors (Lipinski definition) is 1. The Kier molecular flexibility index (Phi) is 3.80. The molecule has 1 fully saturated rings. The Balaban J connectivity index is 1.94. The maximum atomic E-state index is 5.88. The van der Waals surface area contributed by atoms with Gasteiger partial charge in [-0.1, -0.05) is 41.7 Å². The predicted molar refractivity (Wildman–Crippen MR) is 81.5 cm³/mol. The lowest BCUT2D eigenvalue weighted by Crippen LogP contribution is -2.29. The van der Waals surface area contributed by atoms with E-state index in [1.807, 2.05) is 6.07 Å². The average Bonchev–Trinajstić information content (AvgIpc) is 2.93. The van der Waals surface area contributed by atoms with Gasteiger partial charge in [-0.3, -0.25) is 0 Å². The van der Waals surface area contributed by atoms with Crippen LogP contribution in [0, 0.1) is 0 Å². The van der Waals surface area contributed by atoms with Crippen LogP contribution in [0.2, 0.25) is 0 Å². The molecule has 1 aliphatic rings. The van der Waals surface area contributed by atoms with Gasteiger partial charge >= 0.3 is 0 Å². The fraction of sp³-hybridized carbons (Fsp3) is 0.400. The van der Waals surface area contributed by atoms with Crippen LogP contribution in [0.1, 0.15) is 24.1 Å². The molecule has 0 atom stereocenters. The lowest BCUT2D eigenvalue weighted by molar-refractivity contribution is 0.577. The van der Waals surface area contributed by atoms with Crippen molar-refractivity contribution >= 4 is 16.5 Å². The Morgan fingerprint density at radius 1 is 1.11 bits per heavy atom. The summed E-state index contributed by atoms with van der Waals surface area (Å²) in [5, 5.41) is 1.14. The van der Waals surface area contributed by atoms with Crippen LogP contribution in [-0.2, 0) is 6.54 Å². The number of aromatic nitrogens is 1. The molecule has 100 valence electrons. The highest BCUT2D eigenvalue weighted by atomic mass is 32.1. The Hall–Kier alpha value is -1.39. The Morgan fingerprint density at radius 2 is 1.84 bits per heavy atom. The van der Waals surface area contributed by atoms with Gasteiger partial charge in [0.2, 0.25) is 0 Å². The summed E-state index contributed by atoms with van der Waals surface area (Å²) in [6.07, 6.45) is 3.90. The molecular weight excluding hydrogens is 254 g/mol. The topological polar surface area (TPSA) is 42.1 Å². The van der Waals surface area contributed by atoms with Crippen LogP contribution in [-0.4, -0.2) is 18.1 Å². The Morgan fingerprint density at radius 3 is 2.53 bits per heavy atom. The molecular formula is C15H19N3S. The van der Waals surface area contributed by atoms with Crippen molar-refractivity contribution in [1.29, 1.82) is 0 Å². The Labute approximate surface area is 118 Å². The molecule has 1 aromatic carbocycles. The number of hydrogen-bond acceptors (Lipinski definition) is 4. The molecule has 0 saturated carbocycles. The van der Waals surface area contributed by atoms with E-state index >= 15 is 0 Å². The van der Waals surface area contributed by atoms with Crippen LogP contribution in [0.3, 0.4) is 0 Å². The van der Waals surface area contributed by atoms with Crippen molar-refractivity contribution in [1.82, 2.24) is 4.98 Å². The van der Waals surface area contributed by atoms with Crippen LogP contribution in [0.25, 0.3) is 11.3 Å². The second kappa shape index (κ2) is 5.72. The van der Waals surface area contributed by atoms with E-state index in [9.17, 15) is 0 Å². The van der Waals surface area contributed by atoms with Gasteiger partial charge < -0.3 is 10.6 Å². The maximum Gasteiger partial charge on any atom is 0.186 e. The molecule has 0 unspecified atom stereocenters. The minimum absolute atomic E-state index is 0.565. The molecule has 3 nitrogen and oxygen atoms in total. The van der Waals surface area contributed by atoms with Gasteiger partial charge in [-0.15, -0.1) is 0 Å². The third kappa shape index (κ3) is 2.65. The van der Waals surface area contributed by atoms with E-state index in [0.717, 1.165) is 23.9 Å². The zero-order valence-electron chi connectivity index (χ0n) is 11.0. The molecule has 2 N–H and O–H groups in total. The van der Waals surface area contributed by atoms with Gasteiger partial charge in [-0.2, -0.15) is 0 Å². The number of nitrogens with zero attached hydrogens (tertiary/aromatic N) is 2. The molecule has 1 saturated heterocycles. The highest BCUT2D eigenvalue weighted by Crippen LogP contribution is 2.33. The third-order valence-electron chi connectivity index (χ3n) is 3.55. The van der Waals surface area contributed by atoms with Crippen LogP contribution in [0.4, 0.5) is 5.13 Å². The van der Waals surface area contributed by atoms with Crippen molar-refractivity contribution in [3.05, 3.63) is 35.2 Å². The summed E-state index contributed by atoms with van der Waals surface area (Å²) in [6, 6.07) is 10.3. The normalized spacial score (nSPS) is 15.7. The largest absolute Gasteiger partial charge is 0.348 e. The lowest BCUT2D eigenvalue weighted by Gasteiger charge is -2.25. The maximum absolute atomic E-state index is 5.88. The first-order valence-corrected chi connectivity index (χ1v) is 7.70. The molecule has 2 heterocycles. The minimum atomic E-state index is 0.565. The van der Waals surface area contributed by atoms with E-state index in [0.29, 0.717) is 6.54 Å². The van der Waals surface area contributed by atoms with E-state index < -0.39 is 0 Å². The first-order valence-electron chi connectivity index (χ1n) is 6.88. The fourth-order valence-electron chi connectivity index (χ4n) is 2.52. The van der Waals surface area contributed by atoms with Crippen molar-refractivity contribution in [3.8, 4) is 11.3 Å². The Bertz CT molecular complexity index is 530. The molecule has 1 aromatic heterocycles. The van der Waals surface area contributed by atoms with Gasteiger partial charge in [0.15, 0.2) is 5.13 Å². The van der Waals surface area contributed by atoms with E-state index in [1.165, 1.54) is 29.7 Å². The van der Waals surface area contributed by atoms with Crippen molar-refractivity contribution < 1.29 is 0 Å². The molecule has 4 heteroatoms. The number of piperidine rings is 1. The first-order chi connectivity index (χ1) is 9.38. The van der Waals surface area contributed by atoms with Crippen molar-refractivity contribution in [2.75, 3.05) is 18.0 Å². The van der Waals surface area contributed by atoms with Gasteiger partial charge in [-0.25, -0.2) is 4.98 Å². The number of rotatable bonds is 3. The van der Waals surface area contributed by atoms with Gasteiger partial charge in [0.05, 0.1) is 5.69 Å². The summed E-state index contributed by atoms with van der Waals surface area (Å²) in [4.78, 5) is 8.43. The molecule has 19 heavy (non-hydrogen) atoms. The van der Waals surface area contributed by atoms with Crippen LogP contribution in [0.15, 0.2) is 30.3 Å². The minimum Gasteiger partial charge on any atom is -0.348 e. The third-order valence-corrected chi connectivity index (χ3v) is 4.68. The highest BCUT2D eigenvalue weighted by Gasteiger charge is 2.18. The lowest BCUT2D eigenvalue weighted by atomic mass is 10.1. The summed E-state index contributed by atoms with van der Waals surface area (Å²) in [5.74, 6) is 0. The number of benzene rings is 1. The van der Waals surface area contributed by atoms with Crippen LogP contribution < -0.4 is 10.6 Å². The highest BCUT2D eigenvalue weighted by molar-refractivity contribution is 7.16. The molecule has 1 aliphatic heterocycles. The zero-order chi connectivity index (χ0) is 13.1. The van der Waals surface area contributed by atoms with Gasteiger partial charge in [-0.05, 0) is 19.3 Å².